The maximum atomic E-state index is 9.23. The number of anilines is 1. The van der Waals surface area contributed by atoms with Crippen molar-refractivity contribution in [3.05, 3.63) is 35.9 Å². The van der Waals surface area contributed by atoms with Crippen molar-refractivity contribution in [1.29, 1.82) is 5.26 Å². The van der Waals surface area contributed by atoms with Gasteiger partial charge in [-0.1, -0.05) is 18.2 Å². The van der Waals surface area contributed by atoms with Gasteiger partial charge in [0.25, 0.3) is 0 Å². The molecule has 0 unspecified atom stereocenters. The standard InChI is InChI=1S/C14H15N3S/c1-17(7-8-18-2)14-12(10-15)9-11-5-3-4-6-13(11)16-14/h3-6,9H,7-8H2,1-2H3. The molecule has 0 atom stereocenters. The molecule has 0 aliphatic carbocycles. The Balaban J connectivity index is 2.45. The maximum absolute atomic E-state index is 9.23. The number of nitriles is 1. The van der Waals surface area contributed by atoms with E-state index < -0.39 is 0 Å². The third-order valence-corrected chi connectivity index (χ3v) is 3.41. The van der Waals surface area contributed by atoms with Crippen LogP contribution >= 0.6 is 11.8 Å². The van der Waals surface area contributed by atoms with E-state index in [4.69, 9.17) is 0 Å². The minimum atomic E-state index is 0.636. The van der Waals surface area contributed by atoms with Crippen molar-refractivity contribution >= 4 is 28.5 Å². The predicted octanol–water partition coefficient (Wildman–Crippen LogP) is 2.91. The number of pyridine rings is 1. The molecule has 92 valence electrons. The molecule has 2 aromatic rings. The summed E-state index contributed by atoms with van der Waals surface area (Å²) < 4.78 is 0. The molecular formula is C14H15N3S. The van der Waals surface area contributed by atoms with Gasteiger partial charge in [0, 0.05) is 24.7 Å². The molecule has 1 aromatic carbocycles. The van der Waals surface area contributed by atoms with Crippen LogP contribution in [0.15, 0.2) is 30.3 Å². The van der Waals surface area contributed by atoms with Crippen molar-refractivity contribution in [2.45, 2.75) is 0 Å². The quantitative estimate of drug-likeness (QED) is 0.844. The van der Waals surface area contributed by atoms with Crippen LogP contribution < -0.4 is 4.90 Å². The Morgan fingerprint density at radius 3 is 2.89 bits per heavy atom. The summed E-state index contributed by atoms with van der Waals surface area (Å²) >= 11 is 1.79. The maximum Gasteiger partial charge on any atom is 0.147 e. The van der Waals surface area contributed by atoms with Crippen LogP contribution in [-0.2, 0) is 0 Å². The number of nitrogens with zero attached hydrogens (tertiary/aromatic N) is 3. The highest BCUT2D eigenvalue weighted by Gasteiger charge is 2.10. The fourth-order valence-electron chi connectivity index (χ4n) is 1.81. The Morgan fingerprint density at radius 1 is 1.39 bits per heavy atom. The second-order valence-corrected chi connectivity index (χ2v) is 5.06. The summed E-state index contributed by atoms with van der Waals surface area (Å²) in [7, 11) is 1.98. The van der Waals surface area contributed by atoms with E-state index >= 15 is 0 Å². The minimum Gasteiger partial charge on any atom is -0.358 e. The molecule has 1 aromatic heterocycles. The van der Waals surface area contributed by atoms with E-state index in [1.54, 1.807) is 11.8 Å². The molecule has 0 radical (unpaired) electrons. The molecule has 0 N–H and O–H groups in total. The Morgan fingerprint density at radius 2 is 2.17 bits per heavy atom. The number of rotatable bonds is 4. The van der Waals surface area contributed by atoms with Crippen LogP contribution in [0, 0.1) is 11.3 Å². The highest BCUT2D eigenvalue weighted by atomic mass is 32.2. The summed E-state index contributed by atoms with van der Waals surface area (Å²) in [6, 6.07) is 12.0. The molecule has 3 nitrogen and oxygen atoms in total. The lowest BCUT2D eigenvalue weighted by atomic mass is 10.1. The van der Waals surface area contributed by atoms with E-state index in [0.29, 0.717) is 5.56 Å². The number of benzene rings is 1. The van der Waals surface area contributed by atoms with E-state index in [9.17, 15) is 5.26 Å². The molecule has 0 saturated heterocycles. The lowest BCUT2D eigenvalue weighted by molar-refractivity contribution is 0.950. The van der Waals surface area contributed by atoms with Crippen LogP contribution in [0.4, 0.5) is 5.82 Å². The zero-order valence-corrected chi connectivity index (χ0v) is 11.4. The highest BCUT2D eigenvalue weighted by Crippen LogP contribution is 2.22. The summed E-state index contributed by atoms with van der Waals surface area (Å²) in [6.45, 7) is 0.890. The first-order valence-electron chi connectivity index (χ1n) is 5.76. The molecule has 0 aliphatic rings. The van der Waals surface area contributed by atoms with Gasteiger partial charge in [0.05, 0.1) is 11.1 Å². The van der Waals surface area contributed by atoms with Crippen molar-refractivity contribution in [3.63, 3.8) is 0 Å². The first-order valence-corrected chi connectivity index (χ1v) is 7.15. The molecular weight excluding hydrogens is 242 g/mol. The molecule has 4 heteroatoms. The third-order valence-electron chi connectivity index (χ3n) is 2.82. The van der Waals surface area contributed by atoms with Crippen molar-refractivity contribution in [2.24, 2.45) is 0 Å². The zero-order chi connectivity index (χ0) is 13.0. The van der Waals surface area contributed by atoms with E-state index in [2.05, 4.69) is 17.3 Å². The van der Waals surface area contributed by atoms with Gasteiger partial charge >= 0.3 is 0 Å². The summed E-state index contributed by atoms with van der Waals surface area (Å²) in [5.41, 5.74) is 1.57. The number of thioether (sulfide) groups is 1. The van der Waals surface area contributed by atoms with Gasteiger partial charge < -0.3 is 4.90 Å². The molecule has 0 bridgehead atoms. The Hall–Kier alpha value is -1.73. The Kier molecular flexibility index (Phi) is 4.06. The monoisotopic (exact) mass is 257 g/mol. The van der Waals surface area contributed by atoms with Crippen LogP contribution in [0.5, 0.6) is 0 Å². The molecule has 0 aliphatic heterocycles. The van der Waals surface area contributed by atoms with Crippen LogP contribution in [0.1, 0.15) is 5.56 Å². The van der Waals surface area contributed by atoms with Crippen molar-refractivity contribution in [2.75, 3.05) is 30.5 Å². The average Bonchev–Trinajstić information content (AvgIpc) is 2.43. The number of fused-ring (bicyclic) bond motifs is 1. The first kappa shape index (κ1) is 12.7. The fourth-order valence-corrected chi connectivity index (χ4v) is 2.27. The SMILES string of the molecule is CSCCN(C)c1nc2ccccc2cc1C#N. The molecule has 2 rings (SSSR count). The fraction of sp³-hybridized carbons (Fsp3) is 0.286. The van der Waals surface area contributed by atoms with E-state index in [1.165, 1.54) is 0 Å². The lowest BCUT2D eigenvalue weighted by Gasteiger charge is -2.19. The third kappa shape index (κ3) is 2.57. The van der Waals surface area contributed by atoms with Crippen LogP contribution in [0.2, 0.25) is 0 Å². The Bertz CT molecular complexity index is 589. The van der Waals surface area contributed by atoms with Gasteiger partial charge in [0.1, 0.15) is 11.9 Å². The second kappa shape index (κ2) is 5.74. The largest absolute Gasteiger partial charge is 0.358 e. The van der Waals surface area contributed by atoms with Crippen LogP contribution in [-0.4, -0.2) is 30.6 Å². The van der Waals surface area contributed by atoms with Gasteiger partial charge in [-0.25, -0.2) is 4.98 Å². The topological polar surface area (TPSA) is 39.9 Å². The van der Waals surface area contributed by atoms with Crippen molar-refractivity contribution in [3.8, 4) is 6.07 Å². The normalized spacial score (nSPS) is 10.3. The predicted molar refractivity (Wildman–Crippen MR) is 78.1 cm³/mol. The van der Waals surface area contributed by atoms with Gasteiger partial charge in [-0.3, -0.25) is 0 Å². The van der Waals surface area contributed by atoms with Gasteiger partial charge in [-0.2, -0.15) is 17.0 Å². The summed E-state index contributed by atoms with van der Waals surface area (Å²) in [5, 5.41) is 10.2. The molecule has 0 amide bonds. The van der Waals surface area contributed by atoms with Crippen molar-refractivity contribution < 1.29 is 0 Å². The van der Waals surface area contributed by atoms with Gasteiger partial charge in [-0.05, 0) is 18.4 Å². The van der Waals surface area contributed by atoms with Gasteiger partial charge in [0.15, 0.2) is 0 Å². The molecule has 0 spiro atoms. The van der Waals surface area contributed by atoms with Crippen LogP contribution in [0.3, 0.4) is 0 Å². The number of para-hydroxylation sites is 1. The Labute approximate surface area is 111 Å². The second-order valence-electron chi connectivity index (χ2n) is 4.08. The summed E-state index contributed by atoms with van der Waals surface area (Å²) in [4.78, 5) is 6.64. The number of hydrogen-bond acceptors (Lipinski definition) is 4. The summed E-state index contributed by atoms with van der Waals surface area (Å²) in [5.74, 6) is 1.79. The molecule has 0 saturated carbocycles. The van der Waals surface area contributed by atoms with E-state index in [0.717, 1.165) is 29.0 Å². The van der Waals surface area contributed by atoms with E-state index in [-0.39, 0.29) is 0 Å². The molecule has 1 heterocycles. The van der Waals surface area contributed by atoms with Crippen LogP contribution in [0.25, 0.3) is 10.9 Å². The molecule has 0 fully saturated rings. The van der Waals surface area contributed by atoms with Crippen molar-refractivity contribution in [1.82, 2.24) is 4.98 Å². The number of aromatic nitrogens is 1. The smallest absolute Gasteiger partial charge is 0.147 e. The first-order chi connectivity index (χ1) is 8.76. The number of hydrogen-bond donors (Lipinski definition) is 0. The van der Waals surface area contributed by atoms with E-state index in [1.807, 2.05) is 42.3 Å². The average molecular weight is 257 g/mol. The zero-order valence-electron chi connectivity index (χ0n) is 10.6. The van der Waals surface area contributed by atoms with Gasteiger partial charge in [0.2, 0.25) is 0 Å². The lowest BCUT2D eigenvalue weighted by Crippen LogP contribution is -2.22. The van der Waals surface area contributed by atoms with Gasteiger partial charge in [-0.15, -0.1) is 0 Å². The minimum absolute atomic E-state index is 0.636. The summed E-state index contributed by atoms with van der Waals surface area (Å²) in [6.07, 6.45) is 2.08. The molecule has 18 heavy (non-hydrogen) atoms. The highest BCUT2D eigenvalue weighted by molar-refractivity contribution is 7.98.